The van der Waals surface area contributed by atoms with Crippen LogP contribution in [0.2, 0.25) is 0 Å². The van der Waals surface area contributed by atoms with Crippen LogP contribution in [-0.4, -0.2) is 22.0 Å². The van der Waals surface area contributed by atoms with Crippen LogP contribution in [-0.2, 0) is 22.4 Å². The number of hydrogen-bond donors (Lipinski definition) is 4. The fourth-order valence-corrected chi connectivity index (χ4v) is 3.58. The monoisotopic (exact) mass is 426 g/mol. The van der Waals surface area contributed by atoms with E-state index < -0.39 is 0 Å². The molecule has 6 nitrogen and oxygen atoms in total. The second-order valence-electron chi connectivity index (χ2n) is 7.41. The third kappa shape index (κ3) is 4.70. The summed E-state index contributed by atoms with van der Waals surface area (Å²) in [5.74, 6) is -0.356. The fraction of sp³-hybridized carbons (Fsp3) is 0.0769. The van der Waals surface area contributed by atoms with Gasteiger partial charge < -0.3 is 20.8 Å². The molecule has 0 spiro atoms. The topological polar surface area (TPSA) is 98.7 Å². The van der Waals surface area contributed by atoms with Crippen LogP contribution >= 0.6 is 0 Å². The summed E-state index contributed by atoms with van der Waals surface area (Å²) in [6, 6.07) is 24.4. The maximum absolute atomic E-state index is 12.6. The molecule has 0 bridgehead atoms. The summed E-state index contributed by atoms with van der Waals surface area (Å²) in [7, 11) is 0. The first kappa shape index (κ1) is 20.9. The Morgan fingerprint density at radius 1 is 0.562 bits per heavy atom. The molecular formula is C26H22N2O4. The van der Waals surface area contributed by atoms with Crippen LogP contribution in [0.4, 0.5) is 11.4 Å². The van der Waals surface area contributed by atoms with Crippen molar-refractivity contribution in [1.29, 1.82) is 0 Å². The molecule has 0 heterocycles. The summed E-state index contributed by atoms with van der Waals surface area (Å²) < 4.78 is 0. The molecule has 4 aromatic rings. The molecule has 6 heteroatoms. The summed E-state index contributed by atoms with van der Waals surface area (Å²) in [4.78, 5) is 25.1. The number of nitrogens with one attached hydrogen (secondary N) is 2. The minimum atomic E-state index is -0.256. The van der Waals surface area contributed by atoms with Gasteiger partial charge in [-0.2, -0.15) is 0 Å². The molecule has 0 unspecified atom stereocenters. The number of benzene rings is 4. The lowest BCUT2D eigenvalue weighted by Gasteiger charge is -2.13. The molecule has 2 amide bonds. The molecule has 0 aliphatic heterocycles. The van der Waals surface area contributed by atoms with Gasteiger partial charge in [-0.1, -0.05) is 60.7 Å². The Bertz CT molecular complexity index is 1200. The largest absolute Gasteiger partial charge is 0.508 e. The van der Waals surface area contributed by atoms with Crippen LogP contribution in [0.25, 0.3) is 10.8 Å². The van der Waals surface area contributed by atoms with E-state index in [9.17, 15) is 19.8 Å². The average Bonchev–Trinajstić information content (AvgIpc) is 2.77. The number of fused-ring (bicyclic) bond motifs is 1. The molecule has 0 saturated carbocycles. The number of phenols is 2. The number of rotatable bonds is 6. The predicted octanol–water partition coefficient (Wildman–Crippen LogP) is 4.61. The van der Waals surface area contributed by atoms with Crippen molar-refractivity contribution in [3.8, 4) is 11.5 Å². The SMILES string of the molecule is O=C(Cc1ccccc1O)Nc1cccc2c(NC(=O)Cc3ccccc3O)cccc12. The highest BCUT2D eigenvalue weighted by molar-refractivity contribution is 6.09. The van der Waals surface area contributed by atoms with Gasteiger partial charge in [0.25, 0.3) is 0 Å². The van der Waals surface area contributed by atoms with Gasteiger partial charge in [-0.25, -0.2) is 0 Å². The number of carbonyl (C=O) groups is 2. The predicted molar refractivity (Wildman–Crippen MR) is 125 cm³/mol. The molecule has 0 radical (unpaired) electrons. The van der Waals surface area contributed by atoms with Gasteiger partial charge in [-0.15, -0.1) is 0 Å². The first-order valence-electron chi connectivity index (χ1n) is 10.2. The lowest BCUT2D eigenvalue weighted by molar-refractivity contribution is -0.116. The second-order valence-corrected chi connectivity index (χ2v) is 7.41. The van der Waals surface area contributed by atoms with E-state index in [0.717, 1.165) is 10.8 Å². The lowest BCUT2D eigenvalue weighted by Crippen LogP contribution is -2.16. The Labute approximate surface area is 185 Å². The highest BCUT2D eigenvalue weighted by Gasteiger charge is 2.13. The first-order valence-corrected chi connectivity index (χ1v) is 10.2. The highest BCUT2D eigenvalue weighted by Crippen LogP contribution is 2.30. The van der Waals surface area contributed by atoms with E-state index in [1.807, 2.05) is 12.1 Å². The summed E-state index contributed by atoms with van der Waals surface area (Å²) >= 11 is 0. The molecule has 160 valence electrons. The molecule has 4 rings (SSSR count). The van der Waals surface area contributed by atoms with Crippen LogP contribution in [0, 0.1) is 0 Å². The van der Waals surface area contributed by atoms with Crippen molar-refractivity contribution in [2.45, 2.75) is 12.8 Å². The van der Waals surface area contributed by atoms with Crippen molar-refractivity contribution in [1.82, 2.24) is 0 Å². The zero-order chi connectivity index (χ0) is 22.5. The summed E-state index contributed by atoms with van der Waals surface area (Å²) in [6.45, 7) is 0. The molecule has 0 fully saturated rings. The van der Waals surface area contributed by atoms with Crippen molar-refractivity contribution < 1.29 is 19.8 Å². The first-order chi connectivity index (χ1) is 15.5. The Hall–Kier alpha value is -4.32. The van der Waals surface area contributed by atoms with E-state index in [-0.39, 0.29) is 36.2 Å². The highest BCUT2D eigenvalue weighted by atomic mass is 16.3. The quantitative estimate of drug-likeness (QED) is 0.362. The smallest absolute Gasteiger partial charge is 0.228 e. The van der Waals surface area contributed by atoms with Crippen molar-refractivity contribution in [2.24, 2.45) is 0 Å². The van der Waals surface area contributed by atoms with Crippen LogP contribution in [0.3, 0.4) is 0 Å². The fourth-order valence-electron chi connectivity index (χ4n) is 3.58. The van der Waals surface area contributed by atoms with Crippen molar-refractivity contribution in [3.05, 3.63) is 96.1 Å². The van der Waals surface area contributed by atoms with E-state index in [0.29, 0.717) is 22.5 Å². The number of para-hydroxylation sites is 2. The number of hydrogen-bond acceptors (Lipinski definition) is 4. The van der Waals surface area contributed by atoms with E-state index in [4.69, 9.17) is 0 Å². The van der Waals surface area contributed by atoms with Gasteiger partial charge in [-0.05, 0) is 24.3 Å². The van der Waals surface area contributed by atoms with Crippen LogP contribution in [0.1, 0.15) is 11.1 Å². The summed E-state index contributed by atoms with van der Waals surface area (Å²) in [5, 5.41) is 27.1. The van der Waals surface area contributed by atoms with Gasteiger partial charge in [0.2, 0.25) is 11.8 Å². The van der Waals surface area contributed by atoms with E-state index in [1.165, 1.54) is 0 Å². The van der Waals surface area contributed by atoms with Crippen molar-refractivity contribution in [3.63, 3.8) is 0 Å². The molecule has 4 N–H and O–H groups in total. The molecular weight excluding hydrogens is 404 g/mol. The van der Waals surface area contributed by atoms with Crippen LogP contribution in [0.15, 0.2) is 84.9 Å². The molecule has 32 heavy (non-hydrogen) atoms. The Balaban J connectivity index is 1.53. The maximum Gasteiger partial charge on any atom is 0.228 e. The Kier molecular flexibility index (Phi) is 6.03. The minimum absolute atomic E-state index is 0.0417. The lowest BCUT2D eigenvalue weighted by atomic mass is 10.1. The van der Waals surface area contributed by atoms with Gasteiger partial charge >= 0.3 is 0 Å². The zero-order valence-corrected chi connectivity index (χ0v) is 17.2. The van der Waals surface area contributed by atoms with E-state index in [1.54, 1.807) is 72.8 Å². The van der Waals surface area contributed by atoms with E-state index >= 15 is 0 Å². The Morgan fingerprint density at radius 2 is 0.969 bits per heavy atom. The Morgan fingerprint density at radius 3 is 1.38 bits per heavy atom. The summed E-state index contributed by atoms with van der Waals surface area (Å²) in [6.07, 6.45) is 0.0834. The number of amides is 2. The van der Waals surface area contributed by atoms with Crippen molar-refractivity contribution >= 4 is 34.0 Å². The number of anilines is 2. The van der Waals surface area contributed by atoms with Crippen molar-refractivity contribution in [2.75, 3.05) is 10.6 Å². The third-order valence-corrected chi connectivity index (χ3v) is 5.16. The minimum Gasteiger partial charge on any atom is -0.508 e. The van der Waals surface area contributed by atoms with Gasteiger partial charge in [0, 0.05) is 33.3 Å². The van der Waals surface area contributed by atoms with E-state index in [2.05, 4.69) is 10.6 Å². The van der Waals surface area contributed by atoms with Crippen LogP contribution in [0.5, 0.6) is 11.5 Å². The second kappa shape index (κ2) is 9.22. The normalized spacial score (nSPS) is 10.6. The standard InChI is InChI=1S/C26H22N2O4/c29-23-13-3-1-7-17(23)15-25(31)27-21-11-5-10-20-19(21)9-6-12-22(20)28-26(32)16-18-8-2-4-14-24(18)30/h1-14,29-30H,15-16H2,(H,27,31)(H,28,32). The van der Waals surface area contributed by atoms with Crippen LogP contribution < -0.4 is 10.6 Å². The molecule has 0 saturated heterocycles. The number of aromatic hydroxyl groups is 2. The van der Waals surface area contributed by atoms with Gasteiger partial charge in [-0.3, -0.25) is 9.59 Å². The molecule has 0 aliphatic rings. The molecule has 0 aromatic heterocycles. The summed E-state index contributed by atoms with van der Waals surface area (Å²) in [5.41, 5.74) is 2.31. The molecule has 0 aliphatic carbocycles. The molecule has 0 atom stereocenters. The zero-order valence-electron chi connectivity index (χ0n) is 17.2. The average molecular weight is 426 g/mol. The van der Waals surface area contributed by atoms with Gasteiger partial charge in [0.05, 0.1) is 12.8 Å². The molecule has 4 aromatic carbocycles. The number of carbonyl (C=O) groups excluding carboxylic acids is 2. The van der Waals surface area contributed by atoms with Gasteiger partial charge in [0.15, 0.2) is 0 Å². The third-order valence-electron chi connectivity index (χ3n) is 5.16. The maximum atomic E-state index is 12.6. The number of phenolic OH excluding ortho intramolecular Hbond substituents is 2. The van der Waals surface area contributed by atoms with Gasteiger partial charge in [0.1, 0.15) is 11.5 Å².